The predicted octanol–water partition coefficient (Wildman–Crippen LogP) is 3.49. The number of rotatable bonds is 4. The van der Waals surface area contributed by atoms with Gasteiger partial charge in [0.15, 0.2) is 0 Å². The topological polar surface area (TPSA) is 47.4 Å². The number of para-hydroxylation sites is 1. The van der Waals surface area contributed by atoms with Gasteiger partial charge < -0.3 is 9.64 Å². The predicted molar refractivity (Wildman–Crippen MR) is 104 cm³/mol. The second-order valence-electron chi connectivity index (χ2n) is 6.44. The summed E-state index contributed by atoms with van der Waals surface area (Å²) in [4.78, 5) is 14.4. The number of hydrogen-bond acceptors (Lipinski definition) is 3. The Kier molecular flexibility index (Phi) is 5.12. The number of ether oxygens (including phenoxy) is 1. The van der Waals surface area contributed by atoms with E-state index < -0.39 is 0 Å². The van der Waals surface area contributed by atoms with Gasteiger partial charge in [-0.25, -0.2) is 4.68 Å². The van der Waals surface area contributed by atoms with Crippen molar-refractivity contribution in [2.24, 2.45) is 0 Å². The normalized spacial score (nSPS) is 17.3. The van der Waals surface area contributed by atoms with E-state index in [1.54, 1.807) is 17.0 Å². The molecular formula is C22H21N3O2. The van der Waals surface area contributed by atoms with Crippen LogP contribution in [0.1, 0.15) is 17.2 Å². The minimum absolute atomic E-state index is 0.00769. The Hall–Kier alpha value is -3.18. The summed E-state index contributed by atoms with van der Waals surface area (Å²) < 4.78 is 7.62. The number of benzene rings is 2. The second kappa shape index (κ2) is 8.01. The first kappa shape index (κ1) is 17.2. The maximum atomic E-state index is 12.6. The van der Waals surface area contributed by atoms with Crippen molar-refractivity contribution in [3.8, 4) is 5.69 Å². The summed E-state index contributed by atoms with van der Waals surface area (Å²) in [5.41, 5.74) is 2.98. The average Bonchev–Trinajstić information content (AvgIpc) is 3.22. The molecule has 0 aliphatic carbocycles. The third-order valence-corrected chi connectivity index (χ3v) is 4.59. The van der Waals surface area contributed by atoms with E-state index in [0.29, 0.717) is 19.7 Å². The highest BCUT2D eigenvalue weighted by molar-refractivity contribution is 5.91. The lowest BCUT2D eigenvalue weighted by Crippen LogP contribution is -2.41. The van der Waals surface area contributed by atoms with E-state index in [0.717, 1.165) is 16.8 Å². The first-order valence-electron chi connectivity index (χ1n) is 9.03. The Morgan fingerprint density at radius 1 is 1.07 bits per heavy atom. The molecule has 1 saturated heterocycles. The molecule has 5 heteroatoms. The average molecular weight is 359 g/mol. The van der Waals surface area contributed by atoms with Crippen LogP contribution in [0.15, 0.2) is 79.1 Å². The maximum absolute atomic E-state index is 12.6. The van der Waals surface area contributed by atoms with Crippen molar-refractivity contribution in [3.63, 3.8) is 0 Å². The van der Waals surface area contributed by atoms with E-state index >= 15 is 0 Å². The molecule has 1 fully saturated rings. The molecule has 27 heavy (non-hydrogen) atoms. The summed E-state index contributed by atoms with van der Waals surface area (Å²) in [5, 5.41) is 4.35. The highest BCUT2D eigenvalue weighted by Gasteiger charge is 2.24. The molecule has 136 valence electrons. The molecule has 0 bridgehead atoms. The molecule has 2 heterocycles. The van der Waals surface area contributed by atoms with Gasteiger partial charge in [0, 0.05) is 24.4 Å². The van der Waals surface area contributed by atoms with Gasteiger partial charge in [0.1, 0.15) is 6.10 Å². The number of carbonyl (C=O) groups is 1. The molecule has 2 aromatic carbocycles. The first-order chi connectivity index (χ1) is 13.3. The van der Waals surface area contributed by atoms with Gasteiger partial charge in [-0.1, -0.05) is 48.5 Å². The third kappa shape index (κ3) is 4.15. The molecule has 1 amide bonds. The lowest BCUT2D eigenvalue weighted by molar-refractivity contribution is -0.133. The maximum Gasteiger partial charge on any atom is 0.246 e. The molecule has 0 N–H and O–H groups in total. The fraction of sp³-hybridized carbons (Fsp3) is 0.182. The van der Waals surface area contributed by atoms with Crippen LogP contribution in [0.2, 0.25) is 0 Å². The highest BCUT2D eigenvalue weighted by Crippen LogP contribution is 2.22. The number of morpholine rings is 1. The molecule has 0 saturated carbocycles. The van der Waals surface area contributed by atoms with Crippen LogP contribution >= 0.6 is 0 Å². The van der Waals surface area contributed by atoms with Crippen molar-refractivity contribution in [1.82, 2.24) is 14.7 Å². The zero-order chi connectivity index (χ0) is 18.5. The van der Waals surface area contributed by atoms with Crippen LogP contribution in [0.25, 0.3) is 11.8 Å². The molecule has 1 aliphatic heterocycles. The van der Waals surface area contributed by atoms with Crippen LogP contribution in [-0.2, 0) is 9.53 Å². The summed E-state index contributed by atoms with van der Waals surface area (Å²) in [7, 11) is 0. The highest BCUT2D eigenvalue weighted by atomic mass is 16.5. The molecule has 4 rings (SSSR count). The van der Waals surface area contributed by atoms with Crippen molar-refractivity contribution in [1.29, 1.82) is 0 Å². The SMILES string of the molecule is O=C(/C=C/c1cnn(-c2ccccc2)c1)N1CCOC(c2ccccc2)C1. The van der Waals surface area contributed by atoms with Crippen molar-refractivity contribution in [2.45, 2.75) is 6.10 Å². The van der Waals surface area contributed by atoms with Crippen molar-refractivity contribution in [2.75, 3.05) is 19.7 Å². The van der Waals surface area contributed by atoms with Gasteiger partial charge in [-0.3, -0.25) is 4.79 Å². The fourth-order valence-electron chi connectivity index (χ4n) is 3.14. The molecule has 3 aromatic rings. The van der Waals surface area contributed by atoms with Crippen LogP contribution in [0.4, 0.5) is 0 Å². The number of nitrogens with zero attached hydrogens (tertiary/aromatic N) is 3. The van der Waals surface area contributed by atoms with Crippen LogP contribution in [0, 0.1) is 0 Å². The Labute approximate surface area is 158 Å². The second-order valence-corrected chi connectivity index (χ2v) is 6.44. The van der Waals surface area contributed by atoms with Gasteiger partial charge >= 0.3 is 0 Å². The summed E-state index contributed by atoms with van der Waals surface area (Å²) in [6, 6.07) is 19.9. The van der Waals surface area contributed by atoms with Crippen molar-refractivity contribution in [3.05, 3.63) is 90.3 Å². The largest absolute Gasteiger partial charge is 0.370 e. The third-order valence-electron chi connectivity index (χ3n) is 4.59. The van der Waals surface area contributed by atoms with E-state index in [4.69, 9.17) is 4.74 Å². The van der Waals surface area contributed by atoms with Crippen molar-refractivity contribution >= 4 is 12.0 Å². The van der Waals surface area contributed by atoms with Crippen LogP contribution in [-0.4, -0.2) is 40.3 Å². The Balaban J connectivity index is 1.41. The summed E-state index contributed by atoms with van der Waals surface area (Å²) in [5.74, 6) is -0.00769. The number of amides is 1. The molecule has 0 spiro atoms. The lowest BCUT2D eigenvalue weighted by Gasteiger charge is -2.32. The number of carbonyl (C=O) groups excluding carboxylic acids is 1. The number of hydrogen-bond donors (Lipinski definition) is 0. The minimum atomic E-state index is -0.0712. The van der Waals surface area contributed by atoms with Crippen LogP contribution in [0.3, 0.4) is 0 Å². The van der Waals surface area contributed by atoms with Crippen LogP contribution < -0.4 is 0 Å². The molecule has 1 aromatic heterocycles. The van der Waals surface area contributed by atoms with E-state index in [9.17, 15) is 4.79 Å². The molecule has 5 nitrogen and oxygen atoms in total. The van der Waals surface area contributed by atoms with Crippen LogP contribution in [0.5, 0.6) is 0 Å². The van der Waals surface area contributed by atoms with Gasteiger partial charge in [0.2, 0.25) is 5.91 Å². The standard InChI is InChI=1S/C22H21N3O2/c26-22(24-13-14-27-21(17-24)19-7-3-1-4-8-19)12-11-18-15-23-25(16-18)20-9-5-2-6-10-20/h1-12,15-16,21H,13-14,17H2/b12-11+. The zero-order valence-corrected chi connectivity index (χ0v) is 14.9. The smallest absolute Gasteiger partial charge is 0.246 e. The van der Waals surface area contributed by atoms with E-state index in [-0.39, 0.29) is 12.0 Å². The van der Waals surface area contributed by atoms with Crippen molar-refractivity contribution < 1.29 is 9.53 Å². The molecular weight excluding hydrogens is 338 g/mol. The number of aromatic nitrogens is 2. The Morgan fingerprint density at radius 3 is 2.59 bits per heavy atom. The summed E-state index contributed by atoms with van der Waals surface area (Å²) >= 11 is 0. The molecule has 1 unspecified atom stereocenters. The summed E-state index contributed by atoms with van der Waals surface area (Å²) in [6.45, 7) is 1.72. The van der Waals surface area contributed by atoms with Gasteiger partial charge in [-0.05, 0) is 23.8 Å². The molecule has 0 radical (unpaired) electrons. The van der Waals surface area contributed by atoms with Gasteiger partial charge in [0.05, 0.1) is 25.0 Å². The van der Waals surface area contributed by atoms with E-state index in [2.05, 4.69) is 5.10 Å². The van der Waals surface area contributed by atoms with Gasteiger partial charge in [-0.2, -0.15) is 5.10 Å². The fourth-order valence-corrected chi connectivity index (χ4v) is 3.14. The lowest BCUT2D eigenvalue weighted by atomic mass is 10.1. The quantitative estimate of drug-likeness (QED) is 0.670. The van der Waals surface area contributed by atoms with Gasteiger partial charge in [-0.15, -0.1) is 0 Å². The Morgan fingerprint density at radius 2 is 1.81 bits per heavy atom. The Bertz CT molecular complexity index is 919. The van der Waals surface area contributed by atoms with E-state index in [1.165, 1.54) is 0 Å². The van der Waals surface area contributed by atoms with E-state index in [1.807, 2.05) is 77.8 Å². The monoisotopic (exact) mass is 359 g/mol. The summed E-state index contributed by atoms with van der Waals surface area (Å²) in [6.07, 6.45) is 7.01. The molecule has 1 aliphatic rings. The zero-order valence-electron chi connectivity index (χ0n) is 14.9. The molecule has 1 atom stereocenters. The first-order valence-corrected chi connectivity index (χ1v) is 9.03. The minimum Gasteiger partial charge on any atom is -0.370 e. The van der Waals surface area contributed by atoms with Gasteiger partial charge in [0.25, 0.3) is 0 Å².